The molecule has 0 N–H and O–H groups in total. The minimum atomic E-state index is -0.255. The van der Waals surface area contributed by atoms with Crippen LogP contribution in [0.2, 0.25) is 0 Å². The highest BCUT2D eigenvalue weighted by atomic mass is 19.1. The largest absolute Gasteiger partial charge is 0.454 e. The second-order valence-corrected chi connectivity index (χ2v) is 6.16. The third kappa shape index (κ3) is 2.82. The maximum absolute atomic E-state index is 13.1. The van der Waals surface area contributed by atoms with Gasteiger partial charge in [0.05, 0.1) is 12.5 Å². The molecule has 2 aliphatic heterocycles. The van der Waals surface area contributed by atoms with E-state index in [1.165, 1.54) is 12.1 Å². The van der Waals surface area contributed by atoms with Gasteiger partial charge < -0.3 is 14.4 Å². The van der Waals surface area contributed by atoms with Crippen LogP contribution in [0.3, 0.4) is 0 Å². The van der Waals surface area contributed by atoms with Gasteiger partial charge in [-0.15, -0.1) is 0 Å². The highest BCUT2D eigenvalue weighted by Crippen LogP contribution is 2.35. The molecule has 0 bridgehead atoms. The Labute approximate surface area is 139 Å². The summed E-state index contributed by atoms with van der Waals surface area (Å²) in [4.78, 5) is 14.6. The molecule has 0 aliphatic carbocycles. The SMILES string of the molecule is O=C(Cc1ccc2c(c1)OCO2)N1CCCC1c1ccc(F)cc1. The number of fused-ring (bicyclic) bond motifs is 1. The lowest BCUT2D eigenvalue weighted by molar-refractivity contribution is -0.131. The number of carbonyl (C=O) groups excluding carboxylic acids is 1. The van der Waals surface area contributed by atoms with Crippen molar-refractivity contribution in [3.63, 3.8) is 0 Å². The second-order valence-electron chi connectivity index (χ2n) is 6.16. The van der Waals surface area contributed by atoms with E-state index in [-0.39, 0.29) is 24.6 Å². The molecule has 2 aromatic carbocycles. The number of carbonyl (C=O) groups is 1. The van der Waals surface area contributed by atoms with Crippen LogP contribution < -0.4 is 9.47 Å². The highest BCUT2D eigenvalue weighted by Gasteiger charge is 2.30. The van der Waals surface area contributed by atoms with Crippen LogP contribution in [0.1, 0.15) is 30.0 Å². The molecule has 2 aromatic rings. The first-order valence-electron chi connectivity index (χ1n) is 8.14. The summed E-state index contributed by atoms with van der Waals surface area (Å²) in [6.07, 6.45) is 2.21. The summed E-state index contributed by atoms with van der Waals surface area (Å²) in [6.45, 7) is 0.969. The third-order valence-electron chi connectivity index (χ3n) is 4.62. The number of likely N-dealkylation sites (tertiary alicyclic amines) is 1. The van der Waals surface area contributed by atoms with Crippen molar-refractivity contribution in [2.75, 3.05) is 13.3 Å². The molecule has 1 fully saturated rings. The Hall–Kier alpha value is -2.56. The average molecular weight is 327 g/mol. The van der Waals surface area contributed by atoms with Crippen molar-refractivity contribution >= 4 is 5.91 Å². The lowest BCUT2D eigenvalue weighted by atomic mass is 10.0. The van der Waals surface area contributed by atoms with Crippen LogP contribution in [0.25, 0.3) is 0 Å². The molecule has 5 heteroatoms. The van der Waals surface area contributed by atoms with Crippen LogP contribution in [0.15, 0.2) is 42.5 Å². The highest BCUT2D eigenvalue weighted by molar-refractivity contribution is 5.79. The fraction of sp³-hybridized carbons (Fsp3) is 0.316. The standard InChI is InChI=1S/C19H18FNO3/c20-15-6-4-14(5-7-15)16-2-1-9-21(16)19(22)11-13-3-8-17-18(10-13)24-12-23-17/h3-8,10,16H,1-2,9,11-12H2. The van der Waals surface area contributed by atoms with E-state index in [9.17, 15) is 9.18 Å². The Bertz CT molecular complexity index is 760. The molecule has 2 heterocycles. The van der Waals surface area contributed by atoms with E-state index >= 15 is 0 Å². The lowest BCUT2D eigenvalue weighted by Crippen LogP contribution is -2.31. The Kier molecular flexibility index (Phi) is 3.84. The van der Waals surface area contributed by atoms with Crippen molar-refractivity contribution in [2.24, 2.45) is 0 Å². The van der Waals surface area contributed by atoms with Crippen LogP contribution in [0.5, 0.6) is 11.5 Å². The molecule has 0 radical (unpaired) electrons. The zero-order valence-electron chi connectivity index (χ0n) is 13.2. The number of benzene rings is 2. The summed E-state index contributed by atoms with van der Waals surface area (Å²) in [5.41, 5.74) is 1.90. The van der Waals surface area contributed by atoms with E-state index in [1.54, 1.807) is 12.1 Å². The molecular weight excluding hydrogens is 309 g/mol. The van der Waals surface area contributed by atoms with Gasteiger partial charge in [0, 0.05) is 6.54 Å². The number of ether oxygens (including phenoxy) is 2. The summed E-state index contributed by atoms with van der Waals surface area (Å²) in [5.74, 6) is 1.24. The van der Waals surface area contributed by atoms with E-state index in [1.807, 2.05) is 23.1 Å². The third-order valence-corrected chi connectivity index (χ3v) is 4.62. The number of halogens is 1. The minimum absolute atomic E-state index is 0.0344. The zero-order valence-corrected chi connectivity index (χ0v) is 13.2. The first-order chi connectivity index (χ1) is 11.7. The fourth-order valence-corrected chi connectivity index (χ4v) is 3.42. The van der Waals surface area contributed by atoms with Gasteiger partial charge >= 0.3 is 0 Å². The van der Waals surface area contributed by atoms with Crippen LogP contribution in [0.4, 0.5) is 4.39 Å². The van der Waals surface area contributed by atoms with Gasteiger partial charge in [-0.2, -0.15) is 0 Å². The maximum Gasteiger partial charge on any atom is 0.231 e. The van der Waals surface area contributed by atoms with Gasteiger partial charge in [-0.25, -0.2) is 4.39 Å². The van der Waals surface area contributed by atoms with Crippen molar-refractivity contribution in [3.8, 4) is 11.5 Å². The van der Waals surface area contributed by atoms with Gasteiger partial charge in [-0.3, -0.25) is 4.79 Å². The predicted molar refractivity (Wildman–Crippen MR) is 86.4 cm³/mol. The number of rotatable bonds is 3. The van der Waals surface area contributed by atoms with E-state index in [4.69, 9.17) is 9.47 Å². The Morgan fingerprint density at radius 2 is 1.92 bits per heavy atom. The van der Waals surface area contributed by atoms with Crippen LogP contribution in [0, 0.1) is 5.82 Å². The average Bonchev–Trinajstić information content (AvgIpc) is 3.24. The number of amides is 1. The second kappa shape index (κ2) is 6.15. The predicted octanol–water partition coefficient (Wildman–Crippen LogP) is 3.46. The van der Waals surface area contributed by atoms with Crippen molar-refractivity contribution < 1.29 is 18.7 Å². The van der Waals surface area contributed by atoms with Crippen LogP contribution >= 0.6 is 0 Å². The Morgan fingerprint density at radius 1 is 1.12 bits per heavy atom. The van der Waals surface area contributed by atoms with Crippen LogP contribution in [-0.4, -0.2) is 24.1 Å². The number of hydrogen-bond donors (Lipinski definition) is 0. The van der Waals surface area contributed by atoms with Crippen molar-refractivity contribution in [2.45, 2.75) is 25.3 Å². The molecule has 1 atom stereocenters. The van der Waals surface area contributed by atoms with E-state index < -0.39 is 0 Å². The van der Waals surface area contributed by atoms with Crippen molar-refractivity contribution in [1.82, 2.24) is 4.90 Å². The lowest BCUT2D eigenvalue weighted by Gasteiger charge is -2.25. The normalized spacial score (nSPS) is 18.9. The van der Waals surface area contributed by atoms with Gasteiger partial charge in [-0.05, 0) is 48.2 Å². The van der Waals surface area contributed by atoms with Gasteiger partial charge in [0.2, 0.25) is 12.7 Å². The van der Waals surface area contributed by atoms with Crippen molar-refractivity contribution in [1.29, 1.82) is 0 Å². The molecule has 4 nitrogen and oxygen atoms in total. The molecule has 1 saturated heterocycles. The summed E-state index contributed by atoms with van der Waals surface area (Å²) >= 11 is 0. The molecule has 0 spiro atoms. The summed E-state index contributed by atoms with van der Waals surface area (Å²) in [5, 5.41) is 0. The van der Waals surface area contributed by atoms with Gasteiger partial charge in [0.15, 0.2) is 11.5 Å². The molecule has 4 rings (SSSR count). The van der Waals surface area contributed by atoms with Gasteiger partial charge in [0.25, 0.3) is 0 Å². The molecular formula is C19H18FNO3. The smallest absolute Gasteiger partial charge is 0.231 e. The maximum atomic E-state index is 13.1. The molecule has 2 aliphatic rings. The van der Waals surface area contributed by atoms with E-state index in [2.05, 4.69) is 0 Å². The zero-order chi connectivity index (χ0) is 16.5. The topological polar surface area (TPSA) is 38.8 Å². The first kappa shape index (κ1) is 15.0. The number of nitrogens with zero attached hydrogens (tertiary/aromatic N) is 1. The van der Waals surface area contributed by atoms with E-state index in [0.29, 0.717) is 12.2 Å². The molecule has 124 valence electrons. The molecule has 0 aromatic heterocycles. The Morgan fingerprint density at radius 3 is 2.75 bits per heavy atom. The summed E-state index contributed by atoms with van der Waals surface area (Å²) < 4.78 is 23.8. The number of hydrogen-bond acceptors (Lipinski definition) is 3. The molecule has 1 unspecified atom stereocenters. The monoisotopic (exact) mass is 327 g/mol. The quantitative estimate of drug-likeness (QED) is 0.866. The molecule has 0 saturated carbocycles. The van der Waals surface area contributed by atoms with Gasteiger partial charge in [-0.1, -0.05) is 18.2 Å². The minimum Gasteiger partial charge on any atom is -0.454 e. The van der Waals surface area contributed by atoms with E-state index in [0.717, 1.165) is 36.3 Å². The van der Waals surface area contributed by atoms with Gasteiger partial charge in [0.1, 0.15) is 5.82 Å². The molecule has 24 heavy (non-hydrogen) atoms. The summed E-state index contributed by atoms with van der Waals surface area (Å²) in [6, 6.07) is 12.1. The first-order valence-corrected chi connectivity index (χ1v) is 8.14. The fourth-order valence-electron chi connectivity index (χ4n) is 3.42. The van der Waals surface area contributed by atoms with Crippen molar-refractivity contribution in [3.05, 3.63) is 59.4 Å². The van der Waals surface area contributed by atoms with Crippen LogP contribution in [-0.2, 0) is 11.2 Å². The Balaban J connectivity index is 1.50. The summed E-state index contributed by atoms with van der Waals surface area (Å²) in [7, 11) is 0. The molecule has 1 amide bonds.